The Morgan fingerprint density at radius 2 is 1.94 bits per heavy atom. The maximum absolute atomic E-state index is 11.2. The van der Waals surface area contributed by atoms with E-state index >= 15 is 0 Å². The Morgan fingerprint density at radius 3 is 2.50 bits per heavy atom. The van der Waals surface area contributed by atoms with Gasteiger partial charge in [0.15, 0.2) is 0 Å². The van der Waals surface area contributed by atoms with Crippen LogP contribution in [0.25, 0.3) is 0 Å². The summed E-state index contributed by atoms with van der Waals surface area (Å²) in [6.07, 6.45) is 8.37. The van der Waals surface area contributed by atoms with Crippen LogP contribution in [0.4, 0.5) is 0 Å². The molecular formula is C13H21NO2. The molecule has 0 aromatic rings. The summed E-state index contributed by atoms with van der Waals surface area (Å²) < 4.78 is 4.76. The summed E-state index contributed by atoms with van der Waals surface area (Å²) in [7, 11) is 0. The molecule has 0 heterocycles. The molecule has 0 aromatic carbocycles. The van der Waals surface area contributed by atoms with Gasteiger partial charge >= 0.3 is 5.97 Å². The first-order valence-electron chi connectivity index (χ1n) is 6.03. The highest BCUT2D eigenvalue weighted by Crippen LogP contribution is 2.07. The molecule has 0 atom stereocenters. The number of esters is 1. The van der Waals surface area contributed by atoms with Gasteiger partial charge in [0.05, 0.1) is 6.61 Å². The van der Waals surface area contributed by atoms with Gasteiger partial charge < -0.3 is 4.74 Å². The van der Waals surface area contributed by atoms with Crippen molar-refractivity contribution in [3.63, 3.8) is 0 Å². The van der Waals surface area contributed by atoms with Crippen molar-refractivity contribution in [3.05, 3.63) is 11.6 Å². The highest BCUT2D eigenvalue weighted by atomic mass is 16.5. The minimum atomic E-state index is -0.501. The molecule has 16 heavy (non-hydrogen) atoms. The quantitative estimate of drug-likeness (QED) is 0.274. The Morgan fingerprint density at radius 1 is 1.25 bits per heavy atom. The van der Waals surface area contributed by atoms with Crippen LogP contribution in [0.15, 0.2) is 11.6 Å². The van der Waals surface area contributed by atoms with E-state index in [1.807, 2.05) is 6.07 Å². The van der Waals surface area contributed by atoms with E-state index in [1.165, 1.54) is 19.3 Å². The standard InChI is InChI=1S/C13H21NO2/c1-3-5-6-7-8-9-10-12(11-14)13(15)16-4-2/h10H,3-9H2,1-2H3/b12-10-. The number of hydrogen-bond acceptors (Lipinski definition) is 3. The average molecular weight is 223 g/mol. The fourth-order valence-corrected chi connectivity index (χ4v) is 1.38. The van der Waals surface area contributed by atoms with Gasteiger partial charge in [-0.1, -0.05) is 38.7 Å². The average Bonchev–Trinajstić information content (AvgIpc) is 2.28. The number of carbonyl (C=O) groups is 1. The highest BCUT2D eigenvalue weighted by molar-refractivity contribution is 5.92. The second-order valence-corrected chi connectivity index (χ2v) is 3.65. The molecule has 0 saturated carbocycles. The van der Waals surface area contributed by atoms with Crippen molar-refractivity contribution < 1.29 is 9.53 Å². The van der Waals surface area contributed by atoms with Gasteiger partial charge in [0.25, 0.3) is 0 Å². The Bertz CT molecular complexity index is 264. The van der Waals surface area contributed by atoms with E-state index in [1.54, 1.807) is 13.0 Å². The fraction of sp³-hybridized carbons (Fsp3) is 0.692. The number of carbonyl (C=O) groups excluding carboxylic acids is 1. The predicted octanol–water partition coefficient (Wildman–Crippen LogP) is 3.36. The van der Waals surface area contributed by atoms with E-state index in [-0.39, 0.29) is 5.57 Å². The lowest BCUT2D eigenvalue weighted by molar-refractivity contribution is -0.138. The first kappa shape index (κ1) is 14.7. The summed E-state index contributed by atoms with van der Waals surface area (Å²) in [5.41, 5.74) is 0.136. The molecule has 3 nitrogen and oxygen atoms in total. The smallest absolute Gasteiger partial charge is 0.348 e. The van der Waals surface area contributed by atoms with Crippen LogP contribution in [0.2, 0.25) is 0 Å². The molecule has 0 rings (SSSR count). The summed E-state index contributed by atoms with van der Waals surface area (Å²) in [4.78, 5) is 11.2. The molecule has 0 aliphatic heterocycles. The third kappa shape index (κ3) is 7.05. The summed E-state index contributed by atoms with van der Waals surface area (Å²) in [5, 5.41) is 8.74. The molecule has 3 heteroatoms. The van der Waals surface area contributed by atoms with Crippen molar-refractivity contribution in [2.24, 2.45) is 0 Å². The molecule has 0 saturated heterocycles. The summed E-state index contributed by atoms with van der Waals surface area (Å²) in [5.74, 6) is -0.501. The van der Waals surface area contributed by atoms with Gasteiger partial charge in [0.1, 0.15) is 11.6 Å². The summed E-state index contributed by atoms with van der Waals surface area (Å²) in [6.45, 7) is 4.22. The van der Waals surface area contributed by atoms with E-state index in [2.05, 4.69) is 6.92 Å². The summed E-state index contributed by atoms with van der Waals surface area (Å²) in [6, 6.07) is 1.88. The number of unbranched alkanes of at least 4 members (excludes halogenated alkanes) is 5. The number of hydrogen-bond donors (Lipinski definition) is 0. The molecule has 0 amide bonds. The SMILES string of the molecule is CCCCCCC/C=C(/C#N)C(=O)OCC. The number of allylic oxidation sites excluding steroid dienone is 1. The van der Waals surface area contributed by atoms with Gasteiger partial charge in [-0.25, -0.2) is 4.79 Å². The van der Waals surface area contributed by atoms with E-state index < -0.39 is 5.97 Å². The van der Waals surface area contributed by atoms with Crippen LogP contribution < -0.4 is 0 Å². The molecule has 0 fully saturated rings. The van der Waals surface area contributed by atoms with Crippen molar-refractivity contribution in [1.29, 1.82) is 5.26 Å². The molecule has 90 valence electrons. The first-order chi connectivity index (χ1) is 7.76. The van der Waals surface area contributed by atoms with Crippen LogP contribution in [0.5, 0.6) is 0 Å². The Kier molecular flexibility index (Phi) is 9.39. The largest absolute Gasteiger partial charge is 0.462 e. The van der Waals surface area contributed by atoms with Crippen LogP contribution in [0.1, 0.15) is 52.4 Å². The number of nitrogens with zero attached hydrogens (tertiary/aromatic N) is 1. The second kappa shape index (κ2) is 10.2. The lowest BCUT2D eigenvalue weighted by Gasteiger charge is -2.00. The van der Waals surface area contributed by atoms with Crippen molar-refractivity contribution in [1.82, 2.24) is 0 Å². The van der Waals surface area contributed by atoms with Crippen LogP contribution in [0.3, 0.4) is 0 Å². The third-order valence-corrected chi connectivity index (χ3v) is 2.27. The van der Waals surface area contributed by atoms with Gasteiger partial charge in [-0.05, 0) is 19.8 Å². The van der Waals surface area contributed by atoms with Crippen molar-refractivity contribution >= 4 is 5.97 Å². The lowest BCUT2D eigenvalue weighted by Crippen LogP contribution is -2.06. The van der Waals surface area contributed by atoms with E-state index in [0.29, 0.717) is 6.61 Å². The molecule has 0 spiro atoms. The van der Waals surface area contributed by atoms with Crippen LogP contribution in [0, 0.1) is 11.3 Å². The molecular weight excluding hydrogens is 202 g/mol. The minimum Gasteiger partial charge on any atom is -0.462 e. The van der Waals surface area contributed by atoms with Gasteiger partial charge in [-0.3, -0.25) is 0 Å². The monoisotopic (exact) mass is 223 g/mol. The third-order valence-electron chi connectivity index (χ3n) is 2.27. The Balaban J connectivity index is 3.81. The van der Waals surface area contributed by atoms with Crippen LogP contribution in [-0.4, -0.2) is 12.6 Å². The summed E-state index contributed by atoms with van der Waals surface area (Å²) >= 11 is 0. The zero-order chi connectivity index (χ0) is 12.2. The van der Waals surface area contributed by atoms with Gasteiger partial charge in [0, 0.05) is 0 Å². The maximum atomic E-state index is 11.2. The van der Waals surface area contributed by atoms with Crippen LogP contribution >= 0.6 is 0 Å². The lowest BCUT2D eigenvalue weighted by atomic mass is 10.1. The molecule has 0 bridgehead atoms. The van der Waals surface area contributed by atoms with E-state index in [4.69, 9.17) is 10.00 Å². The Hall–Kier alpha value is -1.30. The molecule has 0 radical (unpaired) electrons. The molecule has 0 N–H and O–H groups in total. The molecule has 0 aliphatic carbocycles. The van der Waals surface area contributed by atoms with Gasteiger partial charge in [-0.2, -0.15) is 5.26 Å². The minimum absolute atomic E-state index is 0.136. The maximum Gasteiger partial charge on any atom is 0.348 e. The molecule has 0 aliphatic rings. The van der Waals surface area contributed by atoms with Gasteiger partial charge in [0.2, 0.25) is 0 Å². The van der Waals surface area contributed by atoms with Crippen molar-refractivity contribution in [2.75, 3.05) is 6.61 Å². The number of ether oxygens (including phenoxy) is 1. The topological polar surface area (TPSA) is 50.1 Å². The van der Waals surface area contributed by atoms with Gasteiger partial charge in [-0.15, -0.1) is 0 Å². The fourth-order valence-electron chi connectivity index (χ4n) is 1.38. The van der Waals surface area contributed by atoms with E-state index in [9.17, 15) is 4.79 Å². The normalized spacial score (nSPS) is 10.9. The zero-order valence-electron chi connectivity index (χ0n) is 10.3. The predicted molar refractivity (Wildman–Crippen MR) is 63.7 cm³/mol. The number of nitriles is 1. The van der Waals surface area contributed by atoms with Crippen molar-refractivity contribution in [3.8, 4) is 6.07 Å². The molecule has 0 unspecified atom stereocenters. The van der Waals surface area contributed by atoms with E-state index in [0.717, 1.165) is 19.3 Å². The second-order valence-electron chi connectivity index (χ2n) is 3.65. The Labute approximate surface area is 98.1 Å². The molecule has 0 aromatic heterocycles. The number of rotatable bonds is 8. The first-order valence-corrected chi connectivity index (χ1v) is 6.03. The van der Waals surface area contributed by atoms with Crippen molar-refractivity contribution in [2.45, 2.75) is 52.4 Å². The van der Waals surface area contributed by atoms with Crippen LogP contribution in [-0.2, 0) is 9.53 Å². The highest BCUT2D eigenvalue weighted by Gasteiger charge is 2.08. The zero-order valence-corrected chi connectivity index (χ0v) is 10.3.